The topological polar surface area (TPSA) is 97.2 Å². The second kappa shape index (κ2) is 11.4. The Labute approximate surface area is 245 Å². The van der Waals surface area contributed by atoms with Crippen LogP contribution in [0, 0.1) is 17.7 Å². The third-order valence-electron chi connectivity index (χ3n) is 7.55. The molecular weight excluding hydrogens is 553 g/mol. The minimum Gasteiger partial charge on any atom is -0.445 e. The van der Waals surface area contributed by atoms with Gasteiger partial charge in [0.2, 0.25) is 0 Å². The summed E-state index contributed by atoms with van der Waals surface area (Å²) in [6, 6.07) is 14.5. The van der Waals surface area contributed by atoms with Crippen molar-refractivity contribution in [2.24, 2.45) is 0 Å². The van der Waals surface area contributed by atoms with Crippen LogP contribution in [-0.4, -0.2) is 62.5 Å². The first-order valence-electron chi connectivity index (χ1n) is 14.0. The van der Waals surface area contributed by atoms with Crippen molar-refractivity contribution in [3.05, 3.63) is 77.3 Å². The number of halogens is 1. The molecule has 2 N–H and O–H groups in total. The molecule has 3 aromatic heterocycles. The molecule has 5 heterocycles. The third-order valence-corrected chi connectivity index (χ3v) is 8.51. The predicted octanol–water partition coefficient (Wildman–Crippen LogP) is 5.29. The fraction of sp³-hybridized carbons (Fsp3) is 0.290. The third kappa shape index (κ3) is 5.64. The van der Waals surface area contributed by atoms with Crippen LogP contribution in [0.5, 0.6) is 0 Å². The summed E-state index contributed by atoms with van der Waals surface area (Å²) >= 11 is 1.52. The van der Waals surface area contributed by atoms with Crippen molar-refractivity contribution in [2.75, 3.05) is 25.0 Å². The fourth-order valence-corrected chi connectivity index (χ4v) is 6.29. The number of rotatable bonds is 5. The lowest BCUT2D eigenvalue weighted by Crippen LogP contribution is -2.32. The number of thiophene rings is 1. The highest BCUT2D eigenvalue weighted by molar-refractivity contribution is 7.19. The molecule has 2 saturated heterocycles. The molecule has 1 amide bonds. The summed E-state index contributed by atoms with van der Waals surface area (Å²) in [6.45, 7) is 2.66. The molecule has 42 heavy (non-hydrogen) atoms. The van der Waals surface area contributed by atoms with Gasteiger partial charge in [0, 0.05) is 37.1 Å². The molecular formula is C31H28FN7O2S. The van der Waals surface area contributed by atoms with Crippen LogP contribution in [0.1, 0.15) is 29.7 Å². The van der Waals surface area contributed by atoms with Gasteiger partial charge in [-0.25, -0.2) is 19.2 Å². The molecule has 2 atom stereocenters. The molecule has 0 spiro atoms. The number of carbonyl (C=O) groups is 1. The molecule has 2 aromatic carbocycles. The summed E-state index contributed by atoms with van der Waals surface area (Å²) in [7, 11) is 0. The predicted molar refractivity (Wildman–Crippen MR) is 160 cm³/mol. The van der Waals surface area contributed by atoms with E-state index in [4.69, 9.17) is 4.74 Å². The SMILES string of the molecule is O=C(O[C@H]1CN[C@@H](C#Cc2cc3c(Nc4ccc5c(cnn5Cc5cccc(F)c5)c4)ncnc3s2)C1)N1CCCC1. The van der Waals surface area contributed by atoms with Crippen molar-refractivity contribution in [1.82, 2.24) is 30.0 Å². The summed E-state index contributed by atoms with van der Waals surface area (Å²) < 4.78 is 21.1. The van der Waals surface area contributed by atoms with E-state index in [2.05, 4.69) is 37.5 Å². The highest BCUT2D eigenvalue weighted by atomic mass is 32.1. The van der Waals surface area contributed by atoms with Crippen LogP contribution in [0.3, 0.4) is 0 Å². The standard InChI is InChI=1S/C31H28FN7O2S/c32-22-5-3-4-20(12-22)18-39-28-9-7-24(13-21(28)16-36-39)37-29-27-15-26(42-30(27)35-19-34-29)8-6-23-14-25(17-33-23)41-31(40)38-10-1-2-11-38/h3-5,7,9,12-13,15-16,19,23,25,33H,1-2,10-11,14,17-18H2,(H,34,35,37)/t23-,25+/m0/s1. The van der Waals surface area contributed by atoms with Gasteiger partial charge in [-0.15, -0.1) is 11.3 Å². The van der Waals surface area contributed by atoms with E-state index in [0.717, 1.165) is 63.2 Å². The number of benzene rings is 2. The van der Waals surface area contributed by atoms with Gasteiger partial charge >= 0.3 is 6.09 Å². The molecule has 7 rings (SSSR count). The van der Waals surface area contributed by atoms with Crippen LogP contribution < -0.4 is 10.6 Å². The van der Waals surface area contributed by atoms with E-state index >= 15 is 0 Å². The number of likely N-dealkylation sites (tertiary alicyclic amines) is 1. The van der Waals surface area contributed by atoms with Gasteiger partial charge in [0.1, 0.15) is 28.9 Å². The van der Waals surface area contributed by atoms with Gasteiger partial charge in [-0.05, 0) is 54.8 Å². The maximum atomic E-state index is 13.6. The molecule has 11 heteroatoms. The quantitative estimate of drug-likeness (QED) is 0.273. The zero-order valence-corrected chi connectivity index (χ0v) is 23.5. The number of aromatic nitrogens is 4. The zero-order chi connectivity index (χ0) is 28.5. The summed E-state index contributed by atoms with van der Waals surface area (Å²) in [5, 5.41) is 13.1. The number of carbonyl (C=O) groups excluding carboxylic acids is 1. The molecule has 0 saturated carbocycles. The molecule has 5 aromatic rings. The lowest BCUT2D eigenvalue weighted by molar-refractivity contribution is 0.0763. The van der Waals surface area contributed by atoms with E-state index in [1.807, 2.05) is 41.2 Å². The number of hydrogen-bond donors (Lipinski definition) is 2. The van der Waals surface area contributed by atoms with E-state index in [0.29, 0.717) is 25.3 Å². The van der Waals surface area contributed by atoms with Crippen LogP contribution in [0.4, 0.5) is 20.7 Å². The Morgan fingerprint density at radius 2 is 2.07 bits per heavy atom. The maximum Gasteiger partial charge on any atom is 0.410 e. The average molecular weight is 582 g/mol. The minimum absolute atomic E-state index is 0.0381. The molecule has 9 nitrogen and oxygen atoms in total. The Kier molecular flexibility index (Phi) is 7.15. The minimum atomic E-state index is -0.256. The van der Waals surface area contributed by atoms with Crippen LogP contribution >= 0.6 is 11.3 Å². The van der Waals surface area contributed by atoms with E-state index in [1.54, 1.807) is 17.3 Å². The molecule has 0 unspecified atom stereocenters. The summed E-state index contributed by atoms with van der Waals surface area (Å²) in [5.41, 5.74) is 2.68. The first-order chi connectivity index (χ1) is 20.6. The number of hydrogen-bond acceptors (Lipinski definition) is 8. The molecule has 2 aliphatic rings. The van der Waals surface area contributed by atoms with Crippen LogP contribution in [0.25, 0.3) is 21.1 Å². The molecule has 0 bridgehead atoms. The lowest BCUT2D eigenvalue weighted by Gasteiger charge is -2.18. The van der Waals surface area contributed by atoms with E-state index in [9.17, 15) is 9.18 Å². The largest absolute Gasteiger partial charge is 0.445 e. The number of anilines is 2. The van der Waals surface area contributed by atoms with Gasteiger partial charge in [0.05, 0.1) is 34.6 Å². The molecule has 2 fully saturated rings. The number of nitrogens with one attached hydrogen (secondary N) is 2. The van der Waals surface area contributed by atoms with Crippen LogP contribution in [-0.2, 0) is 11.3 Å². The summed E-state index contributed by atoms with van der Waals surface area (Å²) in [6.07, 6.45) is 5.74. The monoisotopic (exact) mass is 581 g/mol. The first kappa shape index (κ1) is 26.4. The molecule has 0 aliphatic carbocycles. The highest BCUT2D eigenvalue weighted by Gasteiger charge is 2.28. The second-order valence-corrected chi connectivity index (χ2v) is 11.6. The van der Waals surface area contributed by atoms with Crippen LogP contribution in [0.15, 0.2) is 61.1 Å². The smallest absolute Gasteiger partial charge is 0.410 e. The molecule has 2 aliphatic heterocycles. The van der Waals surface area contributed by atoms with Crippen LogP contribution in [0.2, 0.25) is 0 Å². The van der Waals surface area contributed by atoms with Crippen molar-refractivity contribution in [3.63, 3.8) is 0 Å². The number of ether oxygens (including phenoxy) is 1. The van der Waals surface area contributed by atoms with Crippen molar-refractivity contribution in [1.29, 1.82) is 0 Å². The lowest BCUT2D eigenvalue weighted by atomic mass is 10.2. The zero-order valence-electron chi connectivity index (χ0n) is 22.7. The normalized spacial score (nSPS) is 18.4. The van der Waals surface area contributed by atoms with E-state index in [1.165, 1.54) is 23.5 Å². The summed E-state index contributed by atoms with van der Waals surface area (Å²) in [4.78, 5) is 24.8. The summed E-state index contributed by atoms with van der Waals surface area (Å²) in [5.74, 6) is 7.00. The van der Waals surface area contributed by atoms with Gasteiger partial charge in [0.15, 0.2) is 0 Å². The van der Waals surface area contributed by atoms with Gasteiger partial charge in [-0.1, -0.05) is 24.0 Å². The van der Waals surface area contributed by atoms with Crippen molar-refractivity contribution in [2.45, 2.75) is 38.0 Å². The first-order valence-corrected chi connectivity index (χ1v) is 14.8. The number of amides is 1. The van der Waals surface area contributed by atoms with E-state index < -0.39 is 0 Å². The average Bonchev–Trinajstić information content (AvgIpc) is 3.79. The fourth-order valence-electron chi connectivity index (χ4n) is 5.43. The van der Waals surface area contributed by atoms with Crippen molar-refractivity contribution < 1.29 is 13.9 Å². The highest BCUT2D eigenvalue weighted by Crippen LogP contribution is 2.30. The Morgan fingerprint density at radius 3 is 2.95 bits per heavy atom. The molecule has 212 valence electrons. The van der Waals surface area contributed by atoms with E-state index in [-0.39, 0.29) is 24.1 Å². The Hall–Kier alpha value is -4.53. The Balaban J connectivity index is 1.03. The molecule has 0 radical (unpaired) electrons. The van der Waals surface area contributed by atoms with Gasteiger partial charge in [-0.2, -0.15) is 5.10 Å². The van der Waals surface area contributed by atoms with Gasteiger partial charge in [0.25, 0.3) is 0 Å². The van der Waals surface area contributed by atoms with Gasteiger partial charge < -0.3 is 15.0 Å². The van der Waals surface area contributed by atoms with Gasteiger partial charge in [-0.3, -0.25) is 10.00 Å². The van der Waals surface area contributed by atoms with Crippen molar-refractivity contribution in [3.8, 4) is 11.8 Å². The second-order valence-electron chi connectivity index (χ2n) is 10.5. The van der Waals surface area contributed by atoms with Crippen molar-refractivity contribution >= 4 is 50.1 Å². The Morgan fingerprint density at radius 1 is 1.17 bits per heavy atom. The number of nitrogens with zero attached hydrogens (tertiary/aromatic N) is 5. The number of fused-ring (bicyclic) bond motifs is 2. The maximum absolute atomic E-state index is 13.6. The Bertz CT molecular complexity index is 1840.